The second-order valence-electron chi connectivity index (χ2n) is 4.93. The van der Waals surface area contributed by atoms with Gasteiger partial charge < -0.3 is 9.30 Å². The van der Waals surface area contributed by atoms with Gasteiger partial charge in [0.05, 0.1) is 11.6 Å². The highest BCUT2D eigenvalue weighted by Crippen LogP contribution is 2.19. The molecule has 1 atom stereocenters. The number of hydrogen-bond acceptors (Lipinski definition) is 2. The van der Waals surface area contributed by atoms with Crippen LogP contribution in [0.1, 0.15) is 19.3 Å². The quantitative estimate of drug-likeness (QED) is 0.862. The Morgan fingerprint density at radius 1 is 1.37 bits per heavy atom. The van der Waals surface area contributed by atoms with Crippen molar-refractivity contribution in [3.63, 3.8) is 0 Å². The largest absolute Gasteiger partial charge is 0.378 e. The third kappa shape index (κ3) is 2.53. The van der Waals surface area contributed by atoms with Crippen LogP contribution in [-0.2, 0) is 11.3 Å². The number of aryl methyl sites for hydroxylation is 1. The van der Waals surface area contributed by atoms with Gasteiger partial charge in [-0.15, -0.1) is 0 Å². The molecule has 0 spiro atoms. The van der Waals surface area contributed by atoms with Crippen molar-refractivity contribution in [3.05, 3.63) is 45.7 Å². The Kier molecular flexibility index (Phi) is 3.58. The van der Waals surface area contributed by atoms with Gasteiger partial charge in [-0.2, -0.15) is 0 Å². The van der Waals surface area contributed by atoms with Gasteiger partial charge in [-0.25, -0.2) is 0 Å². The molecule has 1 aromatic carbocycles. The lowest BCUT2D eigenvalue weighted by Gasteiger charge is -2.13. The fourth-order valence-electron chi connectivity index (χ4n) is 2.66. The van der Waals surface area contributed by atoms with Crippen LogP contribution in [0.5, 0.6) is 0 Å². The molecule has 1 aliphatic rings. The van der Waals surface area contributed by atoms with Crippen LogP contribution in [0.15, 0.2) is 35.1 Å². The molecule has 3 nitrogen and oxygen atoms in total. The lowest BCUT2D eigenvalue weighted by atomic mass is 10.1. The number of halogens is 1. The van der Waals surface area contributed by atoms with Crippen LogP contribution in [0, 0.1) is 0 Å². The van der Waals surface area contributed by atoms with Crippen molar-refractivity contribution >= 4 is 22.5 Å². The molecule has 19 heavy (non-hydrogen) atoms. The Bertz CT molecular complexity index is 644. The predicted molar refractivity (Wildman–Crippen MR) is 76.8 cm³/mol. The summed E-state index contributed by atoms with van der Waals surface area (Å²) in [5.41, 5.74) is 0.827. The van der Waals surface area contributed by atoms with Gasteiger partial charge in [-0.1, -0.05) is 29.8 Å². The molecule has 100 valence electrons. The number of nitrogens with zero attached hydrogens (tertiary/aromatic N) is 1. The Morgan fingerprint density at radius 2 is 2.21 bits per heavy atom. The molecule has 2 heterocycles. The van der Waals surface area contributed by atoms with E-state index in [1.54, 1.807) is 10.6 Å². The molecule has 1 saturated heterocycles. The number of hydrogen-bond donors (Lipinski definition) is 0. The maximum atomic E-state index is 12.2. The first-order chi connectivity index (χ1) is 9.25. The van der Waals surface area contributed by atoms with Crippen molar-refractivity contribution in [2.75, 3.05) is 6.61 Å². The van der Waals surface area contributed by atoms with E-state index in [-0.39, 0.29) is 16.7 Å². The lowest BCUT2D eigenvalue weighted by molar-refractivity contribution is 0.100. The Hall–Kier alpha value is -1.32. The van der Waals surface area contributed by atoms with Gasteiger partial charge in [0.15, 0.2) is 0 Å². The number of rotatable bonds is 3. The summed E-state index contributed by atoms with van der Waals surface area (Å²) in [5.74, 6) is 0. The van der Waals surface area contributed by atoms with Crippen molar-refractivity contribution in [2.24, 2.45) is 0 Å². The van der Waals surface area contributed by atoms with Crippen molar-refractivity contribution in [2.45, 2.75) is 31.9 Å². The van der Waals surface area contributed by atoms with E-state index in [1.165, 1.54) is 0 Å². The van der Waals surface area contributed by atoms with Gasteiger partial charge in [0.1, 0.15) is 5.02 Å². The zero-order chi connectivity index (χ0) is 13.2. The number of para-hydroxylation sites is 1. The van der Waals surface area contributed by atoms with Gasteiger partial charge in [0.25, 0.3) is 5.56 Å². The Morgan fingerprint density at radius 3 is 3.00 bits per heavy atom. The van der Waals surface area contributed by atoms with Crippen LogP contribution < -0.4 is 5.56 Å². The van der Waals surface area contributed by atoms with E-state index in [9.17, 15) is 4.79 Å². The van der Waals surface area contributed by atoms with Crippen LogP contribution in [0.25, 0.3) is 10.9 Å². The molecule has 1 aromatic heterocycles. The third-order valence-corrected chi connectivity index (χ3v) is 3.93. The number of benzene rings is 1. The van der Waals surface area contributed by atoms with E-state index in [2.05, 4.69) is 0 Å². The number of ether oxygens (including phenoxy) is 1. The van der Waals surface area contributed by atoms with Crippen molar-refractivity contribution in [1.82, 2.24) is 4.57 Å². The van der Waals surface area contributed by atoms with Crippen LogP contribution in [0.2, 0.25) is 5.02 Å². The number of fused-ring (bicyclic) bond motifs is 1. The second kappa shape index (κ2) is 5.35. The van der Waals surface area contributed by atoms with E-state index in [0.717, 1.165) is 36.8 Å². The summed E-state index contributed by atoms with van der Waals surface area (Å²) in [6.07, 6.45) is 3.36. The van der Waals surface area contributed by atoms with Crippen LogP contribution in [0.3, 0.4) is 0 Å². The zero-order valence-corrected chi connectivity index (χ0v) is 11.4. The minimum Gasteiger partial charge on any atom is -0.378 e. The molecule has 0 saturated carbocycles. The van der Waals surface area contributed by atoms with Crippen molar-refractivity contribution in [1.29, 1.82) is 0 Å². The van der Waals surface area contributed by atoms with Gasteiger partial charge in [-0.3, -0.25) is 4.79 Å². The fourth-order valence-corrected chi connectivity index (χ4v) is 2.88. The smallest absolute Gasteiger partial charge is 0.269 e. The van der Waals surface area contributed by atoms with Crippen molar-refractivity contribution < 1.29 is 4.74 Å². The highest BCUT2D eigenvalue weighted by Gasteiger charge is 2.16. The van der Waals surface area contributed by atoms with E-state index < -0.39 is 0 Å². The summed E-state index contributed by atoms with van der Waals surface area (Å²) in [5, 5.41) is 1.28. The van der Waals surface area contributed by atoms with Crippen LogP contribution in [-0.4, -0.2) is 17.3 Å². The monoisotopic (exact) mass is 277 g/mol. The minimum absolute atomic E-state index is 0.113. The molecule has 3 rings (SSSR count). The summed E-state index contributed by atoms with van der Waals surface area (Å²) in [6, 6.07) is 9.57. The van der Waals surface area contributed by atoms with Gasteiger partial charge in [-0.05, 0) is 36.8 Å². The second-order valence-corrected chi connectivity index (χ2v) is 5.34. The Labute approximate surface area is 116 Å². The molecule has 0 radical (unpaired) electrons. The van der Waals surface area contributed by atoms with Crippen LogP contribution in [0.4, 0.5) is 0 Å². The molecule has 0 bridgehead atoms. The number of pyridine rings is 1. The highest BCUT2D eigenvalue weighted by atomic mass is 35.5. The molecule has 4 heteroatoms. The predicted octanol–water partition coefficient (Wildman–Crippen LogP) is 3.22. The normalized spacial score (nSPS) is 19.1. The fraction of sp³-hybridized carbons (Fsp3) is 0.400. The minimum atomic E-state index is -0.113. The first kappa shape index (κ1) is 12.7. The molecule has 0 amide bonds. The SMILES string of the molecule is O=c1c(Cl)cc2ccccc2n1CC[C@@H]1CCCO1. The average molecular weight is 278 g/mol. The topological polar surface area (TPSA) is 31.2 Å². The van der Waals surface area contributed by atoms with Crippen LogP contribution >= 0.6 is 11.6 Å². The molecular formula is C15H16ClNO2. The van der Waals surface area contributed by atoms with Gasteiger partial charge in [0, 0.05) is 13.2 Å². The molecule has 0 unspecified atom stereocenters. The van der Waals surface area contributed by atoms with Gasteiger partial charge >= 0.3 is 0 Å². The first-order valence-corrected chi connectivity index (χ1v) is 7.03. The summed E-state index contributed by atoms with van der Waals surface area (Å²) in [4.78, 5) is 12.2. The van der Waals surface area contributed by atoms with Gasteiger partial charge in [0.2, 0.25) is 0 Å². The average Bonchev–Trinajstić information content (AvgIpc) is 2.92. The van der Waals surface area contributed by atoms with E-state index in [0.29, 0.717) is 6.54 Å². The summed E-state index contributed by atoms with van der Waals surface area (Å²) >= 11 is 6.02. The first-order valence-electron chi connectivity index (χ1n) is 6.65. The van der Waals surface area contributed by atoms with E-state index in [4.69, 9.17) is 16.3 Å². The molecule has 0 N–H and O–H groups in total. The summed E-state index contributed by atoms with van der Waals surface area (Å²) in [6.45, 7) is 1.50. The number of aromatic nitrogens is 1. The molecule has 0 aliphatic carbocycles. The maximum Gasteiger partial charge on any atom is 0.269 e. The highest BCUT2D eigenvalue weighted by molar-refractivity contribution is 6.31. The molecular weight excluding hydrogens is 262 g/mol. The summed E-state index contributed by atoms with van der Waals surface area (Å²) < 4.78 is 7.37. The standard InChI is InChI=1S/C15H16ClNO2/c16-13-10-11-4-1-2-6-14(11)17(15(13)18)8-7-12-5-3-9-19-12/h1-2,4,6,10,12H,3,5,7-9H2/t12-/m0/s1. The third-order valence-electron chi connectivity index (χ3n) is 3.66. The maximum absolute atomic E-state index is 12.2. The molecule has 2 aromatic rings. The van der Waals surface area contributed by atoms with E-state index >= 15 is 0 Å². The zero-order valence-electron chi connectivity index (χ0n) is 10.6. The van der Waals surface area contributed by atoms with Crippen molar-refractivity contribution in [3.8, 4) is 0 Å². The summed E-state index contributed by atoms with van der Waals surface area (Å²) in [7, 11) is 0. The molecule has 1 fully saturated rings. The molecule has 1 aliphatic heterocycles. The Balaban J connectivity index is 1.96. The lowest BCUT2D eigenvalue weighted by Crippen LogP contribution is -2.23. The van der Waals surface area contributed by atoms with E-state index in [1.807, 2.05) is 24.3 Å².